The molecule has 0 bridgehead atoms. The van der Waals surface area contributed by atoms with Gasteiger partial charge in [-0.05, 0) is 66.3 Å². The van der Waals surface area contributed by atoms with E-state index in [0.29, 0.717) is 0 Å². The molecule has 0 aliphatic heterocycles. The highest BCUT2D eigenvalue weighted by Gasteiger charge is 2.24. The van der Waals surface area contributed by atoms with E-state index in [1.807, 2.05) is 24.3 Å². The summed E-state index contributed by atoms with van der Waals surface area (Å²) in [5, 5.41) is 6.08. The minimum atomic E-state index is -0.436. The van der Waals surface area contributed by atoms with E-state index in [2.05, 4.69) is 35.4 Å². The van der Waals surface area contributed by atoms with Gasteiger partial charge in [0, 0.05) is 18.8 Å². The van der Waals surface area contributed by atoms with Crippen LogP contribution in [0.15, 0.2) is 49.1 Å². The zero-order valence-electron chi connectivity index (χ0n) is 15.9. The largest absolute Gasteiger partial charge is 0.351 e. The number of carbonyl (C=O) groups excluding carboxylic acids is 1. The molecule has 0 saturated carbocycles. The lowest BCUT2D eigenvalue weighted by molar-refractivity contribution is 0.259. The second kappa shape index (κ2) is 9.38. The summed E-state index contributed by atoms with van der Waals surface area (Å²) < 4.78 is 0. The molecule has 4 N–H and O–H groups in total. The number of urea groups is 1. The number of anilines is 1. The second-order valence-corrected chi connectivity index (χ2v) is 7.13. The summed E-state index contributed by atoms with van der Waals surface area (Å²) in [5.74, 6) is 0. The van der Waals surface area contributed by atoms with Gasteiger partial charge in [-0.2, -0.15) is 0 Å². The first-order valence-corrected chi connectivity index (χ1v) is 9.77. The molecule has 0 atom stereocenters. The van der Waals surface area contributed by atoms with Gasteiger partial charge in [0.05, 0.1) is 0 Å². The lowest BCUT2D eigenvalue weighted by atomic mass is 9.99. The van der Waals surface area contributed by atoms with Gasteiger partial charge in [0.2, 0.25) is 0 Å². The Morgan fingerprint density at radius 3 is 2.22 bits per heavy atom. The van der Waals surface area contributed by atoms with Gasteiger partial charge in [0.1, 0.15) is 0 Å². The first-order chi connectivity index (χ1) is 13.2. The topological polar surface area (TPSA) is 67.1 Å². The van der Waals surface area contributed by atoms with E-state index in [9.17, 15) is 4.79 Å². The van der Waals surface area contributed by atoms with Gasteiger partial charge in [-0.15, -0.1) is 6.58 Å². The summed E-state index contributed by atoms with van der Waals surface area (Å²) in [4.78, 5) is 11.1. The van der Waals surface area contributed by atoms with Crippen LogP contribution in [0.5, 0.6) is 0 Å². The molecule has 2 aromatic rings. The van der Waals surface area contributed by atoms with Crippen LogP contribution in [0.1, 0.15) is 40.7 Å². The van der Waals surface area contributed by atoms with Gasteiger partial charge in [-0.3, -0.25) is 0 Å². The zero-order chi connectivity index (χ0) is 19.1. The molecule has 0 heterocycles. The third-order valence-corrected chi connectivity index (χ3v) is 5.18. The third-order valence-electron chi connectivity index (χ3n) is 5.18. The van der Waals surface area contributed by atoms with Crippen molar-refractivity contribution in [1.82, 2.24) is 5.32 Å². The van der Waals surface area contributed by atoms with Crippen LogP contribution >= 0.6 is 0 Å². The van der Waals surface area contributed by atoms with Crippen LogP contribution in [0.2, 0.25) is 0 Å². The molecule has 142 valence electrons. The zero-order valence-corrected chi connectivity index (χ0v) is 15.9. The molecule has 4 heteroatoms. The Morgan fingerprint density at radius 2 is 1.67 bits per heavy atom. The van der Waals surface area contributed by atoms with Crippen LogP contribution < -0.4 is 16.4 Å². The summed E-state index contributed by atoms with van der Waals surface area (Å²) in [5.41, 5.74) is 13.1. The van der Waals surface area contributed by atoms with E-state index in [1.54, 1.807) is 0 Å². The fourth-order valence-corrected chi connectivity index (χ4v) is 4.00. The SMILES string of the molecule is C=CCNCc1ccccc1.NC(=O)Nc1c2c(cc3c1CCC3)CCC2. The highest BCUT2D eigenvalue weighted by molar-refractivity contribution is 5.90. The molecule has 0 unspecified atom stereocenters. The van der Waals surface area contributed by atoms with E-state index in [0.717, 1.165) is 44.5 Å². The second-order valence-electron chi connectivity index (χ2n) is 7.13. The molecular weight excluding hydrogens is 334 g/mol. The number of hydrogen-bond acceptors (Lipinski definition) is 2. The molecule has 4 rings (SSSR count). The molecule has 4 nitrogen and oxygen atoms in total. The predicted molar refractivity (Wildman–Crippen MR) is 112 cm³/mol. The van der Waals surface area contributed by atoms with Gasteiger partial charge in [-0.25, -0.2) is 4.79 Å². The van der Waals surface area contributed by atoms with Crippen molar-refractivity contribution in [2.45, 2.75) is 45.1 Å². The van der Waals surface area contributed by atoms with Crippen molar-refractivity contribution in [3.05, 3.63) is 76.9 Å². The number of primary amides is 1. The predicted octanol–water partition coefficient (Wildman–Crippen LogP) is 4.12. The number of nitrogens with one attached hydrogen (secondary N) is 2. The number of nitrogens with two attached hydrogens (primary N) is 1. The number of hydrogen-bond donors (Lipinski definition) is 3. The van der Waals surface area contributed by atoms with Crippen LogP contribution in [0, 0.1) is 0 Å². The summed E-state index contributed by atoms with van der Waals surface area (Å²) in [6.07, 6.45) is 8.73. The van der Waals surface area contributed by atoms with Gasteiger partial charge < -0.3 is 16.4 Å². The van der Waals surface area contributed by atoms with Crippen molar-refractivity contribution in [2.24, 2.45) is 5.73 Å². The summed E-state index contributed by atoms with van der Waals surface area (Å²) in [6, 6.07) is 12.2. The Morgan fingerprint density at radius 1 is 1.04 bits per heavy atom. The molecular formula is C23H29N3O. The molecule has 0 fully saturated rings. The first kappa shape index (κ1) is 19.2. The Hall–Kier alpha value is -2.59. The van der Waals surface area contributed by atoms with Gasteiger partial charge in [0.25, 0.3) is 0 Å². The van der Waals surface area contributed by atoms with Crippen molar-refractivity contribution in [3.8, 4) is 0 Å². The maximum atomic E-state index is 11.1. The first-order valence-electron chi connectivity index (χ1n) is 9.77. The molecule has 2 aliphatic rings. The Kier molecular flexibility index (Phi) is 6.66. The molecule has 0 radical (unpaired) electrons. The molecule has 2 aromatic carbocycles. The van der Waals surface area contributed by atoms with E-state index in [4.69, 9.17) is 5.73 Å². The standard InChI is InChI=1S/C13H16N2O.C10H13N/c14-13(16)15-12-10-5-1-3-8(10)7-9-4-2-6-11(9)12;1-2-8-11-9-10-6-4-3-5-7-10/h7H,1-6H2,(H3,14,15,16);2-7,11H,1,8-9H2. The van der Waals surface area contributed by atoms with Crippen molar-refractivity contribution < 1.29 is 4.79 Å². The minimum absolute atomic E-state index is 0.436. The quantitative estimate of drug-likeness (QED) is 0.553. The molecule has 2 amide bonds. The number of rotatable bonds is 5. The monoisotopic (exact) mass is 363 g/mol. The van der Waals surface area contributed by atoms with Crippen LogP contribution in [0.25, 0.3) is 0 Å². The number of aryl methyl sites for hydroxylation is 2. The highest BCUT2D eigenvalue weighted by Crippen LogP contribution is 2.38. The average molecular weight is 364 g/mol. The third kappa shape index (κ3) is 4.98. The number of benzene rings is 2. The number of carbonyl (C=O) groups is 1. The summed E-state index contributed by atoms with van der Waals surface area (Å²) in [6.45, 7) is 5.42. The van der Waals surface area contributed by atoms with Gasteiger partial charge in [0.15, 0.2) is 0 Å². The van der Waals surface area contributed by atoms with E-state index in [-0.39, 0.29) is 0 Å². The van der Waals surface area contributed by atoms with Crippen LogP contribution in [-0.2, 0) is 32.2 Å². The number of fused-ring (bicyclic) bond motifs is 2. The van der Waals surface area contributed by atoms with Crippen molar-refractivity contribution in [2.75, 3.05) is 11.9 Å². The molecule has 27 heavy (non-hydrogen) atoms. The average Bonchev–Trinajstić information content (AvgIpc) is 3.32. The highest BCUT2D eigenvalue weighted by atomic mass is 16.2. The normalized spacial score (nSPS) is 13.9. The van der Waals surface area contributed by atoms with Crippen molar-refractivity contribution in [3.63, 3.8) is 0 Å². The van der Waals surface area contributed by atoms with E-state index >= 15 is 0 Å². The lowest BCUT2D eigenvalue weighted by Gasteiger charge is -2.14. The summed E-state index contributed by atoms with van der Waals surface area (Å²) >= 11 is 0. The van der Waals surface area contributed by atoms with E-state index < -0.39 is 6.03 Å². The fourth-order valence-electron chi connectivity index (χ4n) is 4.00. The number of amides is 2. The molecule has 0 aromatic heterocycles. The Bertz CT molecular complexity index is 767. The molecule has 2 aliphatic carbocycles. The smallest absolute Gasteiger partial charge is 0.316 e. The maximum Gasteiger partial charge on any atom is 0.316 e. The van der Waals surface area contributed by atoms with Crippen LogP contribution in [0.3, 0.4) is 0 Å². The Labute approximate surface area is 161 Å². The minimum Gasteiger partial charge on any atom is -0.351 e. The van der Waals surface area contributed by atoms with Gasteiger partial charge >= 0.3 is 6.03 Å². The van der Waals surface area contributed by atoms with Crippen LogP contribution in [0.4, 0.5) is 10.5 Å². The van der Waals surface area contributed by atoms with Crippen LogP contribution in [-0.4, -0.2) is 12.6 Å². The van der Waals surface area contributed by atoms with E-state index in [1.165, 1.54) is 40.7 Å². The lowest BCUT2D eigenvalue weighted by Crippen LogP contribution is -2.21. The summed E-state index contributed by atoms with van der Waals surface area (Å²) in [7, 11) is 0. The molecule has 0 saturated heterocycles. The van der Waals surface area contributed by atoms with Gasteiger partial charge in [-0.1, -0.05) is 42.5 Å². The Balaban J connectivity index is 0.000000168. The fraction of sp³-hybridized carbons (Fsp3) is 0.348. The van der Waals surface area contributed by atoms with Crippen molar-refractivity contribution in [1.29, 1.82) is 0 Å². The molecule has 0 spiro atoms. The van der Waals surface area contributed by atoms with Crippen molar-refractivity contribution >= 4 is 11.7 Å². The maximum absolute atomic E-state index is 11.1.